The van der Waals surface area contributed by atoms with E-state index in [2.05, 4.69) is 20.4 Å². The molecule has 0 aliphatic heterocycles. The van der Waals surface area contributed by atoms with Gasteiger partial charge in [-0.05, 0) is 38.8 Å². The fourth-order valence-electron chi connectivity index (χ4n) is 2.73. The van der Waals surface area contributed by atoms with Gasteiger partial charge in [0.2, 0.25) is 22.8 Å². The number of hydrogen-bond donors (Lipinski definition) is 0. The number of benzene rings is 1. The zero-order valence-electron chi connectivity index (χ0n) is 16.0. The zero-order valence-corrected chi connectivity index (χ0v) is 17.6. The van der Waals surface area contributed by atoms with Gasteiger partial charge in [0.05, 0.1) is 5.25 Å². The van der Waals surface area contributed by atoms with E-state index < -0.39 is 0 Å². The Morgan fingerprint density at radius 1 is 1.25 bits per heavy atom. The van der Waals surface area contributed by atoms with E-state index >= 15 is 0 Å². The Morgan fingerprint density at radius 3 is 2.68 bits per heavy atom. The zero-order chi connectivity index (χ0) is 19.7. The summed E-state index contributed by atoms with van der Waals surface area (Å²) in [6.45, 7) is 5.90. The van der Waals surface area contributed by atoms with E-state index in [9.17, 15) is 4.79 Å². The molecule has 9 heteroatoms. The van der Waals surface area contributed by atoms with Gasteiger partial charge in [0.1, 0.15) is 0 Å². The quantitative estimate of drug-likeness (QED) is 0.410. The number of carbonyl (C=O) groups excluding carboxylic acids is 1. The van der Waals surface area contributed by atoms with Gasteiger partial charge in [-0.2, -0.15) is 0 Å². The molecule has 1 saturated carbocycles. The number of rotatable bonds is 7. The van der Waals surface area contributed by atoms with E-state index in [1.807, 2.05) is 45.0 Å². The Hall–Kier alpha value is -2.26. The highest BCUT2D eigenvalue weighted by Gasteiger charge is 2.35. The second-order valence-electron chi connectivity index (χ2n) is 6.77. The lowest BCUT2D eigenvalue weighted by atomic mass is 10.1. The lowest BCUT2D eigenvalue weighted by Crippen LogP contribution is -2.32. The van der Waals surface area contributed by atoms with Crippen molar-refractivity contribution in [2.24, 2.45) is 0 Å². The lowest BCUT2D eigenvalue weighted by molar-refractivity contribution is -0.118. The fourth-order valence-corrected chi connectivity index (χ4v) is 4.83. The number of aromatic nitrogens is 4. The van der Waals surface area contributed by atoms with Crippen molar-refractivity contribution in [1.29, 1.82) is 0 Å². The summed E-state index contributed by atoms with van der Waals surface area (Å²) in [6.07, 6.45) is 2.54. The van der Waals surface area contributed by atoms with E-state index in [1.165, 1.54) is 28.7 Å². The summed E-state index contributed by atoms with van der Waals surface area (Å²) in [5.41, 5.74) is 2.08. The molecule has 0 saturated heterocycles. The molecule has 3 aromatic rings. The Bertz CT molecular complexity index is 965. The molecule has 2 heterocycles. The highest BCUT2D eigenvalue weighted by Crippen LogP contribution is 2.40. The molecule has 1 aliphatic carbocycles. The Labute approximate surface area is 171 Å². The summed E-state index contributed by atoms with van der Waals surface area (Å²) in [7, 11) is 0. The molecule has 0 N–H and O–H groups in total. The van der Waals surface area contributed by atoms with Gasteiger partial charge in [0.25, 0.3) is 0 Å². The van der Waals surface area contributed by atoms with Crippen molar-refractivity contribution in [2.75, 3.05) is 4.90 Å². The molecular formula is C19H21N5O2S2. The summed E-state index contributed by atoms with van der Waals surface area (Å²) in [5, 5.41) is 17.5. The van der Waals surface area contributed by atoms with Crippen molar-refractivity contribution in [1.82, 2.24) is 20.4 Å². The molecule has 0 bridgehead atoms. The molecule has 4 rings (SSSR count). The van der Waals surface area contributed by atoms with Gasteiger partial charge in [0.15, 0.2) is 4.34 Å². The van der Waals surface area contributed by atoms with Gasteiger partial charge in [-0.15, -0.1) is 20.4 Å². The van der Waals surface area contributed by atoms with Crippen LogP contribution in [0.3, 0.4) is 0 Å². The SMILES string of the molecule is CCC(=O)N(c1nnc(S[C@@H](C)c2nnc(-c3ccc(C)cc3)o2)s1)C1CC1. The summed E-state index contributed by atoms with van der Waals surface area (Å²) >= 11 is 2.94. The van der Waals surface area contributed by atoms with Crippen LogP contribution >= 0.6 is 23.1 Å². The van der Waals surface area contributed by atoms with Crippen LogP contribution in [0.5, 0.6) is 0 Å². The van der Waals surface area contributed by atoms with Crippen molar-refractivity contribution in [3.63, 3.8) is 0 Å². The molecule has 28 heavy (non-hydrogen) atoms. The van der Waals surface area contributed by atoms with Crippen LogP contribution < -0.4 is 4.90 Å². The second-order valence-corrected chi connectivity index (χ2v) is 9.31. The number of carbonyl (C=O) groups is 1. The number of nitrogens with zero attached hydrogens (tertiary/aromatic N) is 5. The van der Waals surface area contributed by atoms with Gasteiger partial charge >= 0.3 is 0 Å². The van der Waals surface area contributed by atoms with Crippen LogP contribution in [0.4, 0.5) is 5.13 Å². The minimum absolute atomic E-state index is 0.0660. The number of amides is 1. The van der Waals surface area contributed by atoms with Crippen LogP contribution in [0.15, 0.2) is 33.0 Å². The molecule has 1 fully saturated rings. The molecule has 7 nitrogen and oxygen atoms in total. The van der Waals surface area contributed by atoms with Crippen molar-refractivity contribution in [3.8, 4) is 11.5 Å². The molecule has 1 aliphatic rings. The minimum Gasteiger partial charge on any atom is -0.419 e. The maximum atomic E-state index is 12.2. The number of thioether (sulfide) groups is 1. The van der Waals surface area contributed by atoms with Crippen molar-refractivity contribution >= 4 is 34.1 Å². The average molecular weight is 416 g/mol. The maximum Gasteiger partial charge on any atom is 0.247 e. The average Bonchev–Trinajstić information content (AvgIpc) is 3.21. The topological polar surface area (TPSA) is 85.0 Å². The van der Waals surface area contributed by atoms with Crippen LogP contribution in [0.2, 0.25) is 0 Å². The van der Waals surface area contributed by atoms with E-state index in [4.69, 9.17) is 4.42 Å². The Morgan fingerprint density at radius 2 is 2.00 bits per heavy atom. The van der Waals surface area contributed by atoms with Gasteiger partial charge in [-0.25, -0.2) is 0 Å². The molecule has 1 aromatic carbocycles. The van der Waals surface area contributed by atoms with Crippen molar-refractivity contribution in [3.05, 3.63) is 35.7 Å². The molecular weight excluding hydrogens is 394 g/mol. The Balaban J connectivity index is 1.46. The van der Waals surface area contributed by atoms with E-state index in [-0.39, 0.29) is 17.2 Å². The first-order valence-corrected chi connectivity index (χ1v) is 11.0. The van der Waals surface area contributed by atoms with Crippen LogP contribution in [0, 0.1) is 6.92 Å². The second kappa shape index (κ2) is 8.00. The first-order valence-electron chi connectivity index (χ1n) is 9.27. The first kappa shape index (κ1) is 19.1. The summed E-state index contributed by atoms with van der Waals surface area (Å²) in [5.74, 6) is 1.15. The van der Waals surface area contributed by atoms with E-state index in [0.717, 1.165) is 22.7 Å². The number of hydrogen-bond acceptors (Lipinski definition) is 8. The fraction of sp³-hybridized carbons (Fsp3) is 0.421. The van der Waals surface area contributed by atoms with Gasteiger partial charge in [-0.3, -0.25) is 9.69 Å². The summed E-state index contributed by atoms with van der Waals surface area (Å²) < 4.78 is 6.63. The third-order valence-corrected chi connectivity index (χ3v) is 6.54. The number of aryl methyl sites for hydroxylation is 1. The molecule has 0 radical (unpaired) electrons. The lowest BCUT2D eigenvalue weighted by Gasteiger charge is -2.17. The molecule has 1 amide bonds. The smallest absolute Gasteiger partial charge is 0.247 e. The van der Waals surface area contributed by atoms with Crippen LogP contribution in [0.1, 0.15) is 49.8 Å². The monoisotopic (exact) mass is 415 g/mol. The predicted molar refractivity (Wildman–Crippen MR) is 109 cm³/mol. The molecule has 0 spiro atoms. The van der Waals surface area contributed by atoms with Gasteiger partial charge < -0.3 is 4.42 Å². The summed E-state index contributed by atoms with van der Waals surface area (Å²) in [4.78, 5) is 14.0. The van der Waals surface area contributed by atoms with Gasteiger partial charge in [-0.1, -0.05) is 47.7 Å². The van der Waals surface area contributed by atoms with E-state index in [0.29, 0.717) is 23.3 Å². The number of anilines is 1. The van der Waals surface area contributed by atoms with Crippen LogP contribution in [-0.2, 0) is 4.79 Å². The highest BCUT2D eigenvalue weighted by atomic mass is 32.2. The van der Waals surface area contributed by atoms with Crippen LogP contribution in [-0.4, -0.2) is 32.3 Å². The largest absolute Gasteiger partial charge is 0.419 e. The first-order chi connectivity index (χ1) is 13.5. The third kappa shape index (κ3) is 4.10. The molecule has 0 unspecified atom stereocenters. The third-order valence-electron chi connectivity index (χ3n) is 4.45. The standard InChI is InChI=1S/C19H21N5O2S2/c1-4-15(25)24(14-9-10-14)18-22-23-19(28-18)27-12(3)16-20-21-17(26-16)13-7-5-11(2)6-8-13/h5-8,12,14H,4,9-10H2,1-3H3/t12-/m0/s1. The van der Waals surface area contributed by atoms with E-state index in [1.54, 1.807) is 4.90 Å². The summed E-state index contributed by atoms with van der Waals surface area (Å²) in [6, 6.07) is 8.26. The maximum absolute atomic E-state index is 12.2. The van der Waals surface area contributed by atoms with Crippen LogP contribution in [0.25, 0.3) is 11.5 Å². The predicted octanol–water partition coefficient (Wildman–Crippen LogP) is 4.66. The Kier molecular flexibility index (Phi) is 5.45. The minimum atomic E-state index is -0.0660. The normalized spacial score (nSPS) is 14.8. The van der Waals surface area contributed by atoms with Crippen molar-refractivity contribution < 1.29 is 9.21 Å². The highest BCUT2D eigenvalue weighted by molar-refractivity contribution is 8.01. The molecule has 1 atom stereocenters. The van der Waals surface area contributed by atoms with Gasteiger partial charge in [0, 0.05) is 18.0 Å². The van der Waals surface area contributed by atoms with Crippen molar-refractivity contribution in [2.45, 2.75) is 55.7 Å². The molecule has 2 aromatic heterocycles. The molecule has 146 valence electrons.